The van der Waals surface area contributed by atoms with Gasteiger partial charge in [-0.2, -0.15) is 0 Å². The monoisotopic (exact) mass is 266 g/mol. The van der Waals surface area contributed by atoms with Gasteiger partial charge in [-0.05, 0) is 24.6 Å². The zero-order valence-corrected chi connectivity index (χ0v) is 10.2. The van der Waals surface area contributed by atoms with E-state index in [1.807, 2.05) is 13.0 Å². The fourth-order valence-electron chi connectivity index (χ4n) is 1.42. The Bertz CT molecular complexity index is 501. The molecule has 0 aromatic heterocycles. The average molecular weight is 266 g/mol. The van der Waals surface area contributed by atoms with E-state index < -0.39 is 30.4 Å². The number of carbonyl (C=O) groups excluding carboxylic acids is 1. The Morgan fingerprint density at radius 2 is 1.95 bits per heavy atom. The minimum Gasteiger partial charge on any atom is -0.481 e. The van der Waals surface area contributed by atoms with Gasteiger partial charge in [0, 0.05) is 5.69 Å². The van der Waals surface area contributed by atoms with E-state index in [0.717, 1.165) is 5.56 Å². The highest BCUT2D eigenvalue weighted by Gasteiger charge is 2.22. The Balaban J connectivity index is 2.62. The van der Waals surface area contributed by atoms with Crippen molar-refractivity contribution in [2.45, 2.75) is 19.4 Å². The molecule has 1 aromatic rings. The highest BCUT2D eigenvalue weighted by Crippen LogP contribution is 2.09. The van der Waals surface area contributed by atoms with Crippen molar-refractivity contribution in [3.8, 4) is 0 Å². The van der Waals surface area contributed by atoms with Gasteiger partial charge in [0.1, 0.15) is 6.04 Å². The summed E-state index contributed by atoms with van der Waals surface area (Å²) in [5.41, 5.74) is 1.43. The molecule has 0 aliphatic rings. The summed E-state index contributed by atoms with van der Waals surface area (Å²) in [5, 5.41) is 21.8. The number of carboxylic acids is 2. The number of urea groups is 1. The zero-order valence-electron chi connectivity index (χ0n) is 10.2. The Hall–Kier alpha value is -2.57. The minimum absolute atomic E-state index is 0.497. The van der Waals surface area contributed by atoms with E-state index in [9.17, 15) is 14.4 Å². The number of carboxylic acid groups (broad SMARTS) is 2. The van der Waals surface area contributed by atoms with Gasteiger partial charge in [0.15, 0.2) is 0 Å². The third kappa shape index (κ3) is 5.07. The summed E-state index contributed by atoms with van der Waals surface area (Å²) in [6.07, 6.45) is -0.684. The summed E-state index contributed by atoms with van der Waals surface area (Å²) in [6, 6.07) is 4.68. The van der Waals surface area contributed by atoms with Crippen molar-refractivity contribution < 1.29 is 24.6 Å². The number of hydrogen-bond acceptors (Lipinski definition) is 3. The molecule has 0 fully saturated rings. The van der Waals surface area contributed by atoms with Crippen molar-refractivity contribution in [3.63, 3.8) is 0 Å². The number of rotatable bonds is 5. The maximum Gasteiger partial charge on any atom is 0.326 e. The van der Waals surface area contributed by atoms with Crippen molar-refractivity contribution in [1.82, 2.24) is 5.32 Å². The molecule has 0 saturated carbocycles. The third-order valence-corrected chi connectivity index (χ3v) is 2.26. The highest BCUT2D eigenvalue weighted by molar-refractivity contribution is 5.93. The lowest BCUT2D eigenvalue weighted by molar-refractivity contribution is -0.145. The summed E-state index contributed by atoms with van der Waals surface area (Å²) in [6.45, 7) is 1.84. The van der Waals surface area contributed by atoms with Gasteiger partial charge in [0.05, 0.1) is 6.42 Å². The molecule has 0 radical (unpaired) electrons. The Morgan fingerprint density at radius 1 is 1.26 bits per heavy atom. The zero-order chi connectivity index (χ0) is 14.4. The molecule has 1 rings (SSSR count). The second kappa shape index (κ2) is 6.39. The molecule has 0 saturated heterocycles. The molecule has 0 aliphatic heterocycles. The van der Waals surface area contributed by atoms with Crippen molar-refractivity contribution in [1.29, 1.82) is 0 Å². The predicted octanol–water partition coefficient (Wildman–Crippen LogP) is 1.04. The standard InChI is InChI=1S/C12H14N2O5/c1-7-3-2-4-8(5-7)13-12(19)14-9(11(17)18)6-10(15)16/h2-5,9H,6H2,1H3,(H,15,16)(H,17,18)(H2,13,14,19)/t9-/m1/s1. The van der Waals surface area contributed by atoms with Crippen LogP contribution < -0.4 is 10.6 Å². The summed E-state index contributed by atoms with van der Waals surface area (Å²) in [5.74, 6) is -2.70. The van der Waals surface area contributed by atoms with Gasteiger partial charge in [-0.3, -0.25) is 4.79 Å². The van der Waals surface area contributed by atoms with Gasteiger partial charge in [0.25, 0.3) is 0 Å². The first-order chi connectivity index (χ1) is 8.88. The van der Waals surface area contributed by atoms with E-state index in [-0.39, 0.29) is 0 Å². The van der Waals surface area contributed by atoms with Crippen molar-refractivity contribution >= 4 is 23.7 Å². The largest absolute Gasteiger partial charge is 0.481 e. The van der Waals surface area contributed by atoms with Crippen molar-refractivity contribution in [2.24, 2.45) is 0 Å². The van der Waals surface area contributed by atoms with Crippen LogP contribution in [0.3, 0.4) is 0 Å². The van der Waals surface area contributed by atoms with Crippen LogP contribution in [0.1, 0.15) is 12.0 Å². The van der Waals surface area contributed by atoms with Crippen LogP contribution >= 0.6 is 0 Å². The van der Waals surface area contributed by atoms with Crippen LogP contribution in [0.25, 0.3) is 0 Å². The van der Waals surface area contributed by atoms with Crippen LogP contribution in [-0.2, 0) is 9.59 Å². The second-order valence-corrected chi connectivity index (χ2v) is 3.96. The number of amides is 2. The lowest BCUT2D eigenvalue weighted by Crippen LogP contribution is -2.44. The molecule has 4 N–H and O–H groups in total. The molecule has 0 spiro atoms. The summed E-state index contributed by atoms with van der Waals surface area (Å²) in [7, 11) is 0. The topological polar surface area (TPSA) is 116 Å². The first kappa shape index (κ1) is 14.5. The number of aliphatic carboxylic acids is 2. The van der Waals surface area contributed by atoms with E-state index in [0.29, 0.717) is 5.69 Å². The number of aryl methyl sites for hydroxylation is 1. The van der Waals surface area contributed by atoms with Gasteiger partial charge in [-0.15, -0.1) is 0 Å². The molecular formula is C12H14N2O5. The summed E-state index contributed by atoms with van der Waals surface area (Å²) < 4.78 is 0. The van der Waals surface area contributed by atoms with E-state index in [4.69, 9.17) is 10.2 Å². The van der Waals surface area contributed by atoms with Gasteiger partial charge in [0.2, 0.25) is 0 Å². The maximum absolute atomic E-state index is 11.5. The number of hydrogen-bond donors (Lipinski definition) is 4. The van der Waals surface area contributed by atoms with E-state index in [2.05, 4.69) is 10.6 Å². The fraction of sp³-hybridized carbons (Fsp3) is 0.250. The fourth-order valence-corrected chi connectivity index (χ4v) is 1.42. The molecule has 7 heteroatoms. The molecule has 1 aromatic carbocycles. The van der Waals surface area contributed by atoms with Gasteiger partial charge < -0.3 is 20.8 Å². The van der Waals surface area contributed by atoms with E-state index in [1.54, 1.807) is 18.2 Å². The molecule has 0 aliphatic carbocycles. The maximum atomic E-state index is 11.5. The quantitative estimate of drug-likeness (QED) is 0.635. The van der Waals surface area contributed by atoms with Crippen LogP contribution in [0.4, 0.5) is 10.5 Å². The minimum atomic E-state index is -1.47. The Morgan fingerprint density at radius 3 is 2.47 bits per heavy atom. The highest BCUT2D eigenvalue weighted by atomic mass is 16.4. The SMILES string of the molecule is Cc1cccc(NC(=O)N[C@H](CC(=O)O)C(=O)O)c1. The van der Waals surface area contributed by atoms with Crippen LogP contribution in [0.5, 0.6) is 0 Å². The predicted molar refractivity (Wildman–Crippen MR) is 67.0 cm³/mol. The molecule has 0 unspecified atom stereocenters. The molecule has 2 amide bonds. The third-order valence-electron chi connectivity index (χ3n) is 2.26. The van der Waals surface area contributed by atoms with Gasteiger partial charge in [-0.25, -0.2) is 9.59 Å². The molecule has 102 valence electrons. The summed E-state index contributed by atoms with van der Waals surface area (Å²) in [4.78, 5) is 32.8. The van der Waals surface area contributed by atoms with Crippen LogP contribution in [-0.4, -0.2) is 34.2 Å². The van der Waals surface area contributed by atoms with Crippen LogP contribution in [0.2, 0.25) is 0 Å². The van der Waals surface area contributed by atoms with Crippen molar-refractivity contribution in [3.05, 3.63) is 29.8 Å². The Kier molecular flexibility index (Phi) is 4.87. The first-order valence-electron chi connectivity index (χ1n) is 5.47. The molecule has 0 bridgehead atoms. The number of nitrogens with one attached hydrogen (secondary N) is 2. The molecule has 0 heterocycles. The molecule has 1 atom stereocenters. The van der Waals surface area contributed by atoms with E-state index in [1.165, 1.54) is 0 Å². The van der Waals surface area contributed by atoms with Crippen LogP contribution in [0, 0.1) is 6.92 Å². The van der Waals surface area contributed by atoms with Crippen molar-refractivity contribution in [2.75, 3.05) is 5.32 Å². The lowest BCUT2D eigenvalue weighted by Gasteiger charge is -2.13. The Labute approximate surface area is 109 Å². The molecule has 7 nitrogen and oxygen atoms in total. The van der Waals surface area contributed by atoms with Gasteiger partial charge >= 0.3 is 18.0 Å². The van der Waals surface area contributed by atoms with E-state index >= 15 is 0 Å². The lowest BCUT2D eigenvalue weighted by atomic mass is 10.2. The second-order valence-electron chi connectivity index (χ2n) is 3.96. The first-order valence-corrected chi connectivity index (χ1v) is 5.47. The number of anilines is 1. The number of carbonyl (C=O) groups is 3. The number of benzene rings is 1. The normalized spacial score (nSPS) is 11.4. The van der Waals surface area contributed by atoms with Gasteiger partial charge in [-0.1, -0.05) is 12.1 Å². The smallest absolute Gasteiger partial charge is 0.326 e. The summed E-state index contributed by atoms with van der Waals surface area (Å²) >= 11 is 0. The molecule has 19 heavy (non-hydrogen) atoms. The molecular weight excluding hydrogens is 252 g/mol. The van der Waals surface area contributed by atoms with Crippen LogP contribution in [0.15, 0.2) is 24.3 Å². The average Bonchev–Trinajstić information content (AvgIpc) is 2.27.